The van der Waals surface area contributed by atoms with E-state index in [9.17, 15) is 15.8 Å². The summed E-state index contributed by atoms with van der Waals surface area (Å²) in [5.74, 6) is 0.728. The molecule has 6 rings (SSSR count). The van der Waals surface area contributed by atoms with Crippen molar-refractivity contribution in [2.45, 2.75) is 135 Å². The van der Waals surface area contributed by atoms with E-state index in [0.29, 0.717) is 17.9 Å². The molecule has 2 aromatic heterocycles. The van der Waals surface area contributed by atoms with Crippen molar-refractivity contribution in [3.05, 3.63) is 115 Å². The molecule has 3 aromatic rings. The molecule has 1 aliphatic carbocycles. The van der Waals surface area contributed by atoms with E-state index in [1.807, 2.05) is 85.9 Å². The molecule has 10 heteroatoms. The van der Waals surface area contributed by atoms with E-state index >= 15 is 0 Å². The van der Waals surface area contributed by atoms with Gasteiger partial charge in [0, 0.05) is 57.2 Å². The number of unbranched alkanes of at least 4 members (excludes halogenated alkanes) is 6. The van der Waals surface area contributed by atoms with E-state index in [0.717, 1.165) is 90.1 Å². The average Bonchev–Trinajstić information content (AvgIpc) is 3.95. The predicted octanol–water partition coefficient (Wildman–Crippen LogP) is 13.7. The van der Waals surface area contributed by atoms with Crippen LogP contribution in [0, 0.1) is 34.0 Å². The van der Waals surface area contributed by atoms with Crippen LogP contribution in [0.1, 0.15) is 138 Å². The highest BCUT2D eigenvalue weighted by atomic mass is 32.1. The number of hydrogen-bond donors (Lipinski definition) is 2. The Kier molecular flexibility index (Phi) is 16.5. The van der Waals surface area contributed by atoms with Gasteiger partial charge in [0.1, 0.15) is 40.9 Å². The Morgan fingerprint density at radius 1 is 0.774 bits per heavy atom. The maximum absolute atomic E-state index is 10.4. The summed E-state index contributed by atoms with van der Waals surface area (Å²) in [4.78, 5) is 4.84. The van der Waals surface area contributed by atoms with Crippen molar-refractivity contribution in [2.24, 2.45) is 0 Å². The molecule has 2 aliphatic heterocycles. The number of hydrogen-bond acceptors (Lipinski definition) is 10. The van der Waals surface area contributed by atoms with Gasteiger partial charge in [0.25, 0.3) is 0 Å². The van der Waals surface area contributed by atoms with Crippen molar-refractivity contribution in [3.63, 3.8) is 0 Å². The summed E-state index contributed by atoms with van der Waals surface area (Å²) < 4.78 is 19.1. The summed E-state index contributed by atoms with van der Waals surface area (Å²) in [5.41, 5.74) is 4.93. The van der Waals surface area contributed by atoms with Gasteiger partial charge in [-0.3, -0.25) is 0 Å². The van der Waals surface area contributed by atoms with Gasteiger partial charge >= 0.3 is 0 Å². The number of benzene rings is 1. The summed E-state index contributed by atoms with van der Waals surface area (Å²) in [7, 11) is 0. The smallest absolute Gasteiger partial charge is 0.245 e. The lowest BCUT2D eigenvalue weighted by atomic mass is 9.78. The molecule has 1 fully saturated rings. The number of aliphatic hydroxyl groups is 1. The molecule has 3 aliphatic rings. The van der Waals surface area contributed by atoms with Crippen LogP contribution in [-0.2, 0) is 27.1 Å². The zero-order valence-corrected chi connectivity index (χ0v) is 38.4. The lowest BCUT2D eigenvalue weighted by Crippen LogP contribution is -2.33. The van der Waals surface area contributed by atoms with E-state index in [-0.39, 0.29) is 17.9 Å². The monoisotopic (exact) mass is 868 g/mol. The molecular weight excluding hydrogens is 809 g/mol. The normalized spacial score (nSPS) is 17.4. The van der Waals surface area contributed by atoms with E-state index in [4.69, 9.17) is 19.3 Å². The number of rotatable bonds is 19. The fraction of sp³-hybridized carbons (Fsp3) is 0.442. The largest absolute Gasteiger partial charge is 0.479 e. The van der Waals surface area contributed by atoms with Crippen molar-refractivity contribution in [2.75, 3.05) is 18.5 Å². The number of nitrogens with one attached hydrogen (secondary N) is 1. The molecule has 0 radical (unpaired) electrons. The average molecular weight is 869 g/mol. The van der Waals surface area contributed by atoms with Crippen LogP contribution in [0.15, 0.2) is 88.6 Å². The molecule has 324 valence electrons. The van der Waals surface area contributed by atoms with Gasteiger partial charge in [-0.05, 0) is 111 Å². The van der Waals surface area contributed by atoms with Crippen molar-refractivity contribution < 1.29 is 19.3 Å². The first-order chi connectivity index (χ1) is 30.1. The zero-order valence-electron chi connectivity index (χ0n) is 36.8. The summed E-state index contributed by atoms with van der Waals surface area (Å²) in [6.45, 7) is 8.95. The minimum Gasteiger partial charge on any atom is -0.479 e. The molecule has 0 bridgehead atoms. The van der Waals surface area contributed by atoms with Crippen molar-refractivity contribution in [1.82, 2.24) is 0 Å². The third kappa shape index (κ3) is 11.8. The third-order valence-corrected chi connectivity index (χ3v) is 13.9. The molecule has 1 aromatic carbocycles. The molecule has 0 atom stereocenters. The van der Waals surface area contributed by atoms with Crippen molar-refractivity contribution in [1.29, 1.82) is 15.8 Å². The molecule has 4 heterocycles. The van der Waals surface area contributed by atoms with E-state index in [1.54, 1.807) is 11.3 Å². The summed E-state index contributed by atoms with van der Waals surface area (Å²) in [6, 6.07) is 19.0. The van der Waals surface area contributed by atoms with Gasteiger partial charge in [-0.2, -0.15) is 15.8 Å². The van der Waals surface area contributed by atoms with Gasteiger partial charge in [0.05, 0.1) is 6.61 Å². The molecule has 0 amide bonds. The highest BCUT2D eigenvalue weighted by Gasteiger charge is 2.46. The maximum Gasteiger partial charge on any atom is 0.245 e. The highest BCUT2D eigenvalue weighted by molar-refractivity contribution is 7.23. The van der Waals surface area contributed by atoms with Crippen molar-refractivity contribution in [3.8, 4) is 28.0 Å². The number of anilines is 1. The minimum absolute atomic E-state index is 0.0833. The van der Waals surface area contributed by atoms with Gasteiger partial charge in [-0.1, -0.05) is 83.1 Å². The Morgan fingerprint density at radius 2 is 1.42 bits per heavy atom. The first-order valence-corrected chi connectivity index (χ1v) is 24.0. The van der Waals surface area contributed by atoms with Gasteiger partial charge < -0.3 is 24.6 Å². The van der Waals surface area contributed by atoms with E-state index < -0.39 is 11.4 Å². The SMILES string of the molecule is CCCCCCc1cc(/C=C2C=C(/C=C/c3ccc(NCCO)cc3)OC(C)(C)O/2)sc1-c1sc(/C=C/C2=C(C#N)C(=C(C#N)C#N)OC23CCCCC3)cc1CCCCCC. The number of thiophene rings is 2. The zero-order chi connectivity index (χ0) is 44.0. The predicted molar refractivity (Wildman–Crippen MR) is 254 cm³/mol. The number of aliphatic hydroxyl groups excluding tert-OH is 1. The second kappa shape index (κ2) is 22.2. The minimum atomic E-state index is -0.856. The summed E-state index contributed by atoms with van der Waals surface area (Å²) >= 11 is 3.61. The Morgan fingerprint density at radius 3 is 2.03 bits per heavy atom. The van der Waals surface area contributed by atoms with Gasteiger partial charge in [0.2, 0.25) is 5.79 Å². The lowest BCUT2D eigenvalue weighted by molar-refractivity contribution is -0.167. The Hall–Kier alpha value is -5.31. The fourth-order valence-electron chi connectivity index (χ4n) is 8.43. The Balaban J connectivity index is 1.37. The van der Waals surface area contributed by atoms with Gasteiger partial charge in [0.15, 0.2) is 11.3 Å². The number of allylic oxidation sites excluding steroid dienone is 4. The number of aryl methyl sites for hydroxylation is 2. The molecule has 2 N–H and O–H groups in total. The topological polar surface area (TPSA) is 131 Å². The Bertz CT molecular complexity index is 2330. The quantitative estimate of drug-likeness (QED) is 0.0899. The second-order valence-corrected chi connectivity index (χ2v) is 18.9. The molecule has 8 nitrogen and oxygen atoms in total. The van der Waals surface area contributed by atoms with E-state index in [2.05, 4.69) is 49.5 Å². The standard InChI is InChI=1S/C52H60N4O4S2/c1-5-7-9-12-16-38-30-44(24-25-47-46(36-55)48(40(34-53)35-54)60-52(47)26-14-11-15-27-52)61-49(38)50-39(17-13-10-8-6-2)31-45(62-50)33-43-32-42(58-51(3,4)59-43)23-20-37-18-21-41(22-19-37)56-28-29-57/h18-25,30-33,56-57H,5-17,26-29H2,1-4H3/b23-20+,25-24+,43-33-. The first kappa shape index (κ1) is 46.2. The molecule has 1 saturated carbocycles. The molecule has 62 heavy (non-hydrogen) atoms. The highest BCUT2D eigenvalue weighted by Crippen LogP contribution is 2.49. The van der Waals surface area contributed by atoms with Crippen LogP contribution in [0.2, 0.25) is 0 Å². The maximum atomic E-state index is 10.4. The lowest BCUT2D eigenvalue weighted by Gasteiger charge is -2.34. The number of nitriles is 3. The molecular formula is C52H60N4O4S2. The van der Waals surface area contributed by atoms with Crippen LogP contribution < -0.4 is 5.32 Å². The fourth-order valence-corrected chi connectivity index (χ4v) is 10.9. The molecule has 0 unspecified atom stereocenters. The van der Waals surface area contributed by atoms with Crippen LogP contribution in [0.5, 0.6) is 0 Å². The summed E-state index contributed by atoms with van der Waals surface area (Å²) in [5, 5.41) is 42.2. The van der Waals surface area contributed by atoms with Crippen LogP contribution in [0.3, 0.4) is 0 Å². The number of nitrogens with zero attached hydrogens (tertiary/aromatic N) is 3. The van der Waals surface area contributed by atoms with E-state index in [1.165, 1.54) is 59.4 Å². The summed E-state index contributed by atoms with van der Waals surface area (Å²) in [6.07, 6.45) is 28.1. The van der Waals surface area contributed by atoms with Crippen LogP contribution in [-0.4, -0.2) is 29.6 Å². The second-order valence-electron chi connectivity index (χ2n) is 16.7. The third-order valence-electron chi connectivity index (χ3n) is 11.5. The van der Waals surface area contributed by atoms with Crippen LogP contribution >= 0.6 is 22.7 Å². The number of ether oxygens (including phenoxy) is 3. The van der Waals surface area contributed by atoms with Gasteiger partial charge in [-0.15, -0.1) is 22.7 Å². The Labute approximate surface area is 376 Å². The van der Waals surface area contributed by atoms with Crippen LogP contribution in [0.4, 0.5) is 5.69 Å². The van der Waals surface area contributed by atoms with Gasteiger partial charge in [-0.25, -0.2) is 0 Å². The molecule has 0 saturated heterocycles. The van der Waals surface area contributed by atoms with Crippen molar-refractivity contribution >= 4 is 46.6 Å². The molecule has 1 spiro atoms. The first-order valence-electron chi connectivity index (χ1n) is 22.4. The van der Waals surface area contributed by atoms with Crippen LogP contribution in [0.25, 0.3) is 28.0 Å².